The van der Waals surface area contributed by atoms with E-state index in [0.29, 0.717) is 18.7 Å². The summed E-state index contributed by atoms with van der Waals surface area (Å²) in [7, 11) is 1.62. The highest BCUT2D eigenvalue weighted by Gasteiger charge is 2.27. The topological polar surface area (TPSA) is 78.2 Å². The van der Waals surface area contributed by atoms with Crippen LogP contribution in [0.15, 0.2) is 48.7 Å². The van der Waals surface area contributed by atoms with Gasteiger partial charge in [-0.1, -0.05) is 17.7 Å². The number of rotatable bonds is 4. The number of hydrogen-bond acceptors (Lipinski definition) is 5. The summed E-state index contributed by atoms with van der Waals surface area (Å²) in [5.41, 5.74) is 4.23. The van der Waals surface area contributed by atoms with Crippen LogP contribution in [0, 0.1) is 24.2 Å². The zero-order valence-corrected chi connectivity index (χ0v) is 17.2. The van der Waals surface area contributed by atoms with E-state index in [1.807, 2.05) is 49.4 Å². The molecule has 1 aromatic heterocycles. The molecular formula is C24H24N4O2. The van der Waals surface area contributed by atoms with Crippen LogP contribution in [0.4, 0.5) is 11.4 Å². The van der Waals surface area contributed by atoms with Gasteiger partial charge in [-0.15, -0.1) is 0 Å². The van der Waals surface area contributed by atoms with Gasteiger partial charge in [-0.25, -0.2) is 0 Å². The summed E-state index contributed by atoms with van der Waals surface area (Å²) in [4.78, 5) is 19.3. The van der Waals surface area contributed by atoms with Crippen molar-refractivity contribution in [1.82, 2.24) is 4.98 Å². The Hall–Kier alpha value is -3.59. The predicted molar refractivity (Wildman–Crippen MR) is 118 cm³/mol. The molecule has 1 aliphatic rings. The third-order valence-electron chi connectivity index (χ3n) is 5.67. The summed E-state index contributed by atoms with van der Waals surface area (Å²) in [5.74, 6) is 0.752. The van der Waals surface area contributed by atoms with Crippen LogP contribution in [-0.4, -0.2) is 31.1 Å². The second kappa shape index (κ2) is 8.42. The van der Waals surface area contributed by atoms with Gasteiger partial charge in [0.05, 0.1) is 23.9 Å². The van der Waals surface area contributed by atoms with Gasteiger partial charge in [-0.2, -0.15) is 5.26 Å². The SMILES string of the molecule is COc1ccc2c(N3CCC(C(=O)Nc4ccc(C)cc4)CC3)c(C#N)cnc2c1. The third kappa shape index (κ3) is 3.92. The van der Waals surface area contributed by atoms with Gasteiger partial charge < -0.3 is 15.0 Å². The van der Waals surface area contributed by atoms with Crippen molar-refractivity contribution in [3.63, 3.8) is 0 Å². The van der Waals surface area contributed by atoms with Crippen molar-refractivity contribution >= 4 is 28.2 Å². The molecule has 0 radical (unpaired) electrons. The lowest BCUT2D eigenvalue weighted by atomic mass is 9.94. The Morgan fingerprint density at radius 1 is 1.20 bits per heavy atom. The molecule has 3 aromatic rings. The number of methoxy groups -OCH3 is 1. The molecule has 30 heavy (non-hydrogen) atoms. The molecule has 152 valence electrons. The van der Waals surface area contributed by atoms with E-state index < -0.39 is 0 Å². The quantitative estimate of drug-likeness (QED) is 0.707. The van der Waals surface area contributed by atoms with Crippen molar-refractivity contribution in [2.24, 2.45) is 5.92 Å². The van der Waals surface area contributed by atoms with Crippen LogP contribution < -0.4 is 15.0 Å². The number of carbonyl (C=O) groups is 1. The summed E-state index contributed by atoms with van der Waals surface area (Å²) in [6.07, 6.45) is 3.10. The fraction of sp³-hybridized carbons (Fsp3) is 0.292. The lowest BCUT2D eigenvalue weighted by Crippen LogP contribution is -2.38. The summed E-state index contributed by atoms with van der Waals surface area (Å²) >= 11 is 0. The molecule has 0 spiro atoms. The molecule has 0 atom stereocenters. The van der Waals surface area contributed by atoms with Gasteiger partial charge in [-0.3, -0.25) is 9.78 Å². The Balaban J connectivity index is 1.51. The van der Waals surface area contributed by atoms with Gasteiger partial charge in [0.25, 0.3) is 0 Å². The number of anilines is 2. The highest BCUT2D eigenvalue weighted by molar-refractivity contribution is 5.96. The Bertz CT molecular complexity index is 1110. The van der Waals surface area contributed by atoms with E-state index in [0.717, 1.165) is 46.4 Å². The van der Waals surface area contributed by atoms with E-state index in [-0.39, 0.29) is 11.8 Å². The van der Waals surface area contributed by atoms with Gasteiger partial charge in [-0.05, 0) is 44.0 Å². The first kappa shape index (κ1) is 19.7. The van der Waals surface area contributed by atoms with Crippen molar-refractivity contribution < 1.29 is 9.53 Å². The minimum absolute atomic E-state index is 0.0405. The number of ether oxygens (including phenoxy) is 1. The number of nitrogens with zero attached hydrogens (tertiary/aromatic N) is 3. The normalized spacial score (nSPS) is 14.4. The van der Waals surface area contributed by atoms with Crippen LogP contribution in [0.2, 0.25) is 0 Å². The number of nitriles is 1. The van der Waals surface area contributed by atoms with E-state index >= 15 is 0 Å². The van der Waals surface area contributed by atoms with Gasteiger partial charge in [0, 0.05) is 42.3 Å². The fourth-order valence-electron chi connectivity index (χ4n) is 3.95. The van der Waals surface area contributed by atoms with Crippen molar-refractivity contribution in [3.05, 3.63) is 59.8 Å². The summed E-state index contributed by atoms with van der Waals surface area (Å²) in [6, 6.07) is 15.8. The maximum atomic E-state index is 12.7. The van der Waals surface area contributed by atoms with Gasteiger partial charge >= 0.3 is 0 Å². The molecule has 1 aliphatic heterocycles. The second-order valence-electron chi connectivity index (χ2n) is 7.63. The third-order valence-corrected chi connectivity index (χ3v) is 5.67. The lowest BCUT2D eigenvalue weighted by molar-refractivity contribution is -0.120. The van der Waals surface area contributed by atoms with Gasteiger partial charge in [0.2, 0.25) is 5.91 Å². The van der Waals surface area contributed by atoms with Crippen LogP contribution in [0.25, 0.3) is 10.9 Å². The zero-order valence-electron chi connectivity index (χ0n) is 17.2. The number of aromatic nitrogens is 1. The average Bonchev–Trinajstić information content (AvgIpc) is 2.79. The highest BCUT2D eigenvalue weighted by Crippen LogP contribution is 2.34. The Kier molecular flexibility index (Phi) is 5.53. The van der Waals surface area contributed by atoms with Crippen LogP contribution >= 0.6 is 0 Å². The maximum absolute atomic E-state index is 12.7. The standard InChI is InChI=1S/C24H24N4O2/c1-16-3-5-19(6-4-16)27-24(29)17-9-11-28(12-10-17)23-18(14-25)15-26-22-13-20(30-2)7-8-21(22)23/h3-8,13,15,17H,9-12H2,1-2H3,(H,27,29). The molecule has 1 amide bonds. The van der Waals surface area contributed by atoms with E-state index in [2.05, 4.69) is 21.3 Å². The molecule has 1 saturated heterocycles. The number of nitrogens with one attached hydrogen (secondary N) is 1. The van der Waals surface area contributed by atoms with Crippen LogP contribution in [-0.2, 0) is 4.79 Å². The van der Waals surface area contributed by atoms with Gasteiger partial charge in [0.1, 0.15) is 11.8 Å². The molecule has 6 nitrogen and oxygen atoms in total. The number of piperidine rings is 1. The second-order valence-corrected chi connectivity index (χ2v) is 7.63. The molecule has 1 N–H and O–H groups in total. The predicted octanol–water partition coefficient (Wildman–Crippen LogP) is 4.28. The Morgan fingerprint density at radius 2 is 1.93 bits per heavy atom. The molecule has 6 heteroatoms. The first-order valence-corrected chi connectivity index (χ1v) is 10.1. The molecule has 0 aliphatic carbocycles. The van der Waals surface area contributed by atoms with Crippen molar-refractivity contribution in [2.45, 2.75) is 19.8 Å². The minimum Gasteiger partial charge on any atom is -0.497 e. The van der Waals surface area contributed by atoms with E-state index in [1.165, 1.54) is 0 Å². The molecule has 2 aromatic carbocycles. The summed E-state index contributed by atoms with van der Waals surface area (Å²) in [5, 5.41) is 13.6. The number of aryl methyl sites for hydroxylation is 1. The summed E-state index contributed by atoms with van der Waals surface area (Å²) < 4.78 is 5.30. The molecule has 1 fully saturated rings. The fourth-order valence-corrected chi connectivity index (χ4v) is 3.95. The van der Waals surface area contributed by atoms with Crippen molar-refractivity contribution in [3.8, 4) is 11.8 Å². The minimum atomic E-state index is -0.0405. The van der Waals surface area contributed by atoms with E-state index in [1.54, 1.807) is 13.3 Å². The Morgan fingerprint density at radius 3 is 2.60 bits per heavy atom. The number of pyridine rings is 1. The first-order chi connectivity index (χ1) is 14.6. The number of hydrogen-bond donors (Lipinski definition) is 1. The van der Waals surface area contributed by atoms with Crippen LogP contribution in [0.1, 0.15) is 24.0 Å². The monoisotopic (exact) mass is 400 g/mol. The number of amides is 1. The van der Waals surface area contributed by atoms with E-state index in [9.17, 15) is 10.1 Å². The lowest BCUT2D eigenvalue weighted by Gasteiger charge is -2.34. The Labute approximate surface area is 176 Å². The maximum Gasteiger partial charge on any atom is 0.227 e. The molecule has 2 heterocycles. The van der Waals surface area contributed by atoms with Gasteiger partial charge in [0.15, 0.2) is 0 Å². The van der Waals surface area contributed by atoms with Crippen molar-refractivity contribution in [1.29, 1.82) is 5.26 Å². The molecule has 0 bridgehead atoms. The number of fused-ring (bicyclic) bond motifs is 1. The molecule has 0 unspecified atom stereocenters. The summed E-state index contributed by atoms with van der Waals surface area (Å²) in [6.45, 7) is 3.45. The van der Waals surface area contributed by atoms with Crippen molar-refractivity contribution in [2.75, 3.05) is 30.4 Å². The first-order valence-electron chi connectivity index (χ1n) is 10.1. The average molecular weight is 400 g/mol. The number of benzene rings is 2. The molecular weight excluding hydrogens is 376 g/mol. The smallest absolute Gasteiger partial charge is 0.227 e. The van der Waals surface area contributed by atoms with Crippen LogP contribution in [0.5, 0.6) is 5.75 Å². The molecule has 4 rings (SSSR count). The molecule has 0 saturated carbocycles. The zero-order chi connectivity index (χ0) is 21.1. The van der Waals surface area contributed by atoms with E-state index in [4.69, 9.17) is 4.74 Å². The largest absolute Gasteiger partial charge is 0.497 e. The number of carbonyl (C=O) groups excluding carboxylic acids is 1. The highest BCUT2D eigenvalue weighted by atomic mass is 16.5. The van der Waals surface area contributed by atoms with Crippen LogP contribution in [0.3, 0.4) is 0 Å².